The van der Waals surface area contributed by atoms with E-state index in [2.05, 4.69) is 10.2 Å². The summed E-state index contributed by atoms with van der Waals surface area (Å²) >= 11 is 4.18. The van der Waals surface area contributed by atoms with Crippen LogP contribution in [0.1, 0.15) is 5.01 Å². The number of aliphatic carboxylic acids is 1. The molecule has 0 aromatic carbocycles. The second-order valence-corrected chi connectivity index (χ2v) is 8.65. The summed E-state index contributed by atoms with van der Waals surface area (Å²) < 4.78 is 0.729. The van der Waals surface area contributed by atoms with E-state index < -0.39 is 17.4 Å². The molecule has 3 rings (SSSR count). The van der Waals surface area contributed by atoms with Gasteiger partial charge in [0, 0.05) is 23.5 Å². The predicted molar refractivity (Wildman–Crippen MR) is 78.7 cm³/mol. The van der Waals surface area contributed by atoms with Gasteiger partial charge in [0.05, 0.1) is 5.97 Å². The van der Waals surface area contributed by atoms with Crippen LogP contribution in [0.25, 0.3) is 0 Å². The van der Waals surface area contributed by atoms with Crippen molar-refractivity contribution in [2.75, 3.05) is 18.1 Å². The van der Waals surface area contributed by atoms with Crippen LogP contribution >= 0.6 is 34.9 Å². The maximum atomic E-state index is 11.7. The van der Waals surface area contributed by atoms with Crippen LogP contribution in [0.15, 0.2) is 4.34 Å². The quantitative estimate of drug-likeness (QED) is 0.317. The molecule has 1 amide bonds. The summed E-state index contributed by atoms with van der Waals surface area (Å²) in [6, 6.07) is -0.506. The van der Waals surface area contributed by atoms with Crippen LogP contribution in [0.3, 0.4) is 0 Å². The molecule has 7 nitrogen and oxygen atoms in total. The number of nitrogens with zero attached hydrogens (tertiary/aromatic N) is 3. The van der Waals surface area contributed by atoms with Crippen molar-refractivity contribution in [1.29, 1.82) is 0 Å². The van der Waals surface area contributed by atoms with Crippen molar-refractivity contribution in [2.24, 2.45) is 11.1 Å². The van der Waals surface area contributed by atoms with Crippen LogP contribution in [0, 0.1) is 12.3 Å². The molecule has 114 valence electrons. The Morgan fingerprint density at radius 2 is 2.32 bits per heavy atom. The second kappa shape index (κ2) is 7.36. The number of nitrogens with two attached hydrogens (primary N) is 1. The summed E-state index contributed by atoms with van der Waals surface area (Å²) in [5.74, 6) is -0.615. The molecule has 2 aliphatic rings. The Balaban J connectivity index is 0.00000176. The van der Waals surface area contributed by atoms with E-state index in [4.69, 9.17) is 5.73 Å². The molecule has 3 atom stereocenters. The van der Waals surface area contributed by atoms with Crippen LogP contribution in [-0.4, -0.2) is 56.4 Å². The molecule has 2 N–H and O–H groups in total. The van der Waals surface area contributed by atoms with Gasteiger partial charge in [-0.3, -0.25) is 4.79 Å². The minimum Gasteiger partial charge on any atom is -0.549 e. The summed E-state index contributed by atoms with van der Waals surface area (Å²) in [5, 5.41) is 20.2. The number of β-lactam (4-membered cyclic amide) rings is 1. The molecule has 0 aliphatic carbocycles. The Labute approximate surface area is 182 Å². The third-order valence-corrected chi connectivity index (χ3v) is 7.47. The van der Waals surface area contributed by atoms with Crippen molar-refractivity contribution in [2.45, 2.75) is 22.7 Å². The first-order chi connectivity index (χ1) is 9.93. The largest absolute Gasteiger partial charge is 1.00 e. The van der Waals surface area contributed by atoms with Gasteiger partial charge < -0.3 is 20.5 Å². The van der Waals surface area contributed by atoms with E-state index in [0.717, 1.165) is 9.35 Å². The molecule has 0 saturated carbocycles. The Morgan fingerprint density at radius 3 is 2.91 bits per heavy atom. The van der Waals surface area contributed by atoms with Gasteiger partial charge in [0.1, 0.15) is 16.4 Å². The molecule has 22 heavy (non-hydrogen) atoms. The van der Waals surface area contributed by atoms with Crippen molar-refractivity contribution >= 4 is 46.7 Å². The number of hydrogen-bond acceptors (Lipinski definition) is 9. The van der Waals surface area contributed by atoms with Gasteiger partial charge in [-0.1, -0.05) is 23.1 Å². The van der Waals surface area contributed by atoms with Crippen LogP contribution in [0.2, 0.25) is 0 Å². The summed E-state index contributed by atoms with van der Waals surface area (Å²) in [6.07, 6.45) is 0. The van der Waals surface area contributed by atoms with Crippen LogP contribution in [0.4, 0.5) is 0 Å². The van der Waals surface area contributed by atoms with Crippen molar-refractivity contribution in [3.8, 4) is 0 Å². The van der Waals surface area contributed by atoms with Crippen molar-refractivity contribution in [1.82, 2.24) is 15.1 Å². The minimum atomic E-state index is -1.13. The molecule has 2 aliphatic heterocycles. The summed E-state index contributed by atoms with van der Waals surface area (Å²) in [6.45, 7) is 2.00. The number of rotatable bonds is 4. The maximum absolute atomic E-state index is 11.7. The monoisotopic (exact) mass is 384 g/mol. The van der Waals surface area contributed by atoms with Gasteiger partial charge in [0.15, 0.2) is 4.34 Å². The Morgan fingerprint density at radius 1 is 1.59 bits per heavy atom. The number of amides is 1. The predicted octanol–water partition coefficient (Wildman–Crippen LogP) is -4.08. The molecule has 11 heteroatoms. The van der Waals surface area contributed by atoms with Crippen LogP contribution in [0.5, 0.6) is 0 Å². The maximum Gasteiger partial charge on any atom is 1.00 e. The fourth-order valence-corrected chi connectivity index (χ4v) is 5.95. The molecule has 2 unspecified atom stereocenters. The van der Waals surface area contributed by atoms with Crippen LogP contribution in [-0.2, 0) is 9.59 Å². The molecule has 3 heterocycles. The van der Waals surface area contributed by atoms with Gasteiger partial charge in [-0.2, -0.15) is 0 Å². The molecular weight excluding hydrogens is 371 g/mol. The average Bonchev–Trinajstić information content (AvgIpc) is 2.89. The molecule has 1 aromatic rings. The Kier molecular flexibility index (Phi) is 6.40. The summed E-state index contributed by atoms with van der Waals surface area (Å²) in [5.41, 5.74) is 4.64. The zero-order valence-electron chi connectivity index (χ0n) is 12.1. The third kappa shape index (κ3) is 3.42. The SMILES string of the molecule is Cc1nnc(SCC2(C(=O)[O-])CS[C@@H]3C(N)C(=O)N3C2)s1.[K+]. The van der Waals surface area contributed by atoms with E-state index in [1.165, 1.54) is 34.9 Å². The molecule has 0 spiro atoms. The average molecular weight is 385 g/mol. The zero-order chi connectivity index (χ0) is 15.2. The second-order valence-electron chi connectivity index (χ2n) is 5.14. The fourth-order valence-electron chi connectivity index (χ4n) is 2.34. The molecular formula is C11H13KN4O3S3. The zero-order valence-corrected chi connectivity index (χ0v) is 17.7. The first kappa shape index (κ1) is 19.1. The molecule has 2 saturated heterocycles. The minimum absolute atomic E-state index is 0. The number of thioether (sulfide) groups is 2. The van der Waals surface area contributed by atoms with E-state index in [9.17, 15) is 14.7 Å². The van der Waals surface area contributed by atoms with E-state index in [1.54, 1.807) is 4.90 Å². The van der Waals surface area contributed by atoms with E-state index in [1.807, 2.05) is 6.92 Å². The molecule has 0 radical (unpaired) electrons. The number of hydrogen-bond donors (Lipinski definition) is 1. The Hall–Kier alpha value is 0.796. The van der Waals surface area contributed by atoms with Gasteiger partial charge in [-0.05, 0) is 6.92 Å². The fraction of sp³-hybridized carbons (Fsp3) is 0.636. The first-order valence-electron chi connectivity index (χ1n) is 6.25. The first-order valence-corrected chi connectivity index (χ1v) is 9.10. The van der Waals surface area contributed by atoms with E-state index >= 15 is 0 Å². The Bertz CT molecular complexity index is 601. The van der Waals surface area contributed by atoms with E-state index in [0.29, 0.717) is 11.5 Å². The van der Waals surface area contributed by atoms with Crippen molar-refractivity contribution in [3.63, 3.8) is 0 Å². The van der Waals surface area contributed by atoms with Gasteiger partial charge in [-0.25, -0.2) is 0 Å². The summed E-state index contributed by atoms with van der Waals surface area (Å²) in [4.78, 5) is 24.9. The van der Waals surface area contributed by atoms with Gasteiger partial charge in [0.25, 0.3) is 0 Å². The standard InChI is InChI=1S/C11H14N4O3S3.K/c1-5-13-14-10(21-5)20-4-11(9(17)18)2-15-7(16)6(12)8(15)19-3-11;/h6,8H,2-4,12H2,1H3,(H,17,18);/q;+1/p-1/t6?,8-,11?;/m1./s1. The normalized spacial score (nSPS) is 30.3. The number of aromatic nitrogens is 2. The topological polar surface area (TPSA) is 112 Å². The van der Waals surface area contributed by atoms with E-state index in [-0.39, 0.29) is 69.2 Å². The number of carboxylic acids is 1. The van der Waals surface area contributed by atoms with Crippen molar-refractivity contribution < 1.29 is 66.1 Å². The molecule has 2 fully saturated rings. The molecule has 1 aromatic heterocycles. The van der Waals surface area contributed by atoms with Crippen molar-refractivity contribution in [3.05, 3.63) is 5.01 Å². The third-order valence-electron chi connectivity index (χ3n) is 3.60. The smallest absolute Gasteiger partial charge is 0.549 e. The van der Waals surface area contributed by atoms with Gasteiger partial charge in [-0.15, -0.1) is 22.0 Å². The van der Waals surface area contributed by atoms with Crippen LogP contribution < -0.4 is 62.2 Å². The van der Waals surface area contributed by atoms with Gasteiger partial charge >= 0.3 is 51.4 Å². The number of carbonyl (C=O) groups is 2. The number of carboxylic acid groups (broad SMARTS) is 1. The van der Waals surface area contributed by atoms with Gasteiger partial charge in [0.2, 0.25) is 5.91 Å². The summed E-state index contributed by atoms with van der Waals surface area (Å²) in [7, 11) is 0. The number of fused-ring (bicyclic) bond motifs is 1. The number of carbonyl (C=O) groups excluding carboxylic acids is 2. The molecule has 0 bridgehead atoms. The number of aryl methyl sites for hydroxylation is 1.